The predicted molar refractivity (Wildman–Crippen MR) is 185 cm³/mol. The minimum Gasteiger partial charge on any atom is -0.493 e. The molecule has 1 heterocycles. The Labute approximate surface area is 291 Å². The number of carbonyl (C=O) groups is 5. The number of esters is 1. The van der Waals surface area contributed by atoms with Gasteiger partial charge in [0.2, 0.25) is 11.7 Å². The van der Waals surface area contributed by atoms with Crippen molar-refractivity contribution in [1.82, 2.24) is 15.1 Å². The zero-order chi connectivity index (χ0) is 36.5. The molecule has 3 amide bonds. The number of ether oxygens (including phenoxy) is 4. The molecule has 0 fully saturated rings. The summed E-state index contributed by atoms with van der Waals surface area (Å²) in [5.41, 5.74) is 1.64. The fourth-order valence-electron chi connectivity index (χ4n) is 5.68. The zero-order valence-corrected chi connectivity index (χ0v) is 29.3. The molecule has 1 aliphatic rings. The molecule has 0 radical (unpaired) electrons. The van der Waals surface area contributed by atoms with E-state index in [1.165, 1.54) is 37.3 Å². The molecule has 1 N–H and O–H groups in total. The third kappa shape index (κ3) is 8.49. The molecule has 0 aromatic heterocycles. The van der Waals surface area contributed by atoms with Crippen molar-refractivity contribution in [3.8, 4) is 17.2 Å². The molecule has 0 saturated heterocycles. The van der Waals surface area contributed by atoms with Crippen LogP contribution in [0.3, 0.4) is 0 Å². The molecule has 3 aromatic rings. The minimum atomic E-state index is -1.28. The number of ketones is 1. The molecule has 0 aliphatic carbocycles. The van der Waals surface area contributed by atoms with Gasteiger partial charge in [0, 0.05) is 23.7 Å². The Hall–Kier alpha value is -5.65. The second-order valence-corrected chi connectivity index (χ2v) is 12.2. The first-order chi connectivity index (χ1) is 23.9. The van der Waals surface area contributed by atoms with E-state index in [4.69, 9.17) is 18.9 Å². The molecule has 3 aromatic carbocycles. The molecule has 12 nitrogen and oxygen atoms in total. The molecule has 12 heteroatoms. The highest BCUT2D eigenvalue weighted by atomic mass is 16.5. The number of benzene rings is 3. The van der Waals surface area contributed by atoms with Crippen LogP contribution in [0.4, 0.5) is 0 Å². The van der Waals surface area contributed by atoms with Gasteiger partial charge in [-0.1, -0.05) is 62.4 Å². The number of methoxy groups -OCH3 is 3. The van der Waals surface area contributed by atoms with Gasteiger partial charge < -0.3 is 29.2 Å². The number of rotatable bonds is 14. The van der Waals surface area contributed by atoms with Crippen LogP contribution < -0.4 is 19.5 Å². The number of hydrogen-bond acceptors (Lipinski definition) is 9. The van der Waals surface area contributed by atoms with E-state index in [1.54, 1.807) is 94.4 Å². The van der Waals surface area contributed by atoms with E-state index in [9.17, 15) is 24.0 Å². The third-order valence-electron chi connectivity index (χ3n) is 8.00. The average Bonchev–Trinajstić information content (AvgIpc) is 3.10. The van der Waals surface area contributed by atoms with Gasteiger partial charge in [-0.3, -0.25) is 24.1 Å². The van der Waals surface area contributed by atoms with E-state index < -0.39 is 54.2 Å². The quantitative estimate of drug-likeness (QED) is 0.195. The van der Waals surface area contributed by atoms with E-state index in [-0.39, 0.29) is 29.5 Å². The number of nitrogens with one attached hydrogen (secondary N) is 1. The Morgan fingerprint density at radius 2 is 1.40 bits per heavy atom. The van der Waals surface area contributed by atoms with Crippen LogP contribution in [0.1, 0.15) is 49.2 Å². The fourth-order valence-corrected chi connectivity index (χ4v) is 5.68. The van der Waals surface area contributed by atoms with Crippen LogP contribution in [-0.4, -0.2) is 85.3 Å². The smallest absolute Gasteiger partial charge is 0.377 e. The van der Waals surface area contributed by atoms with E-state index in [0.717, 1.165) is 0 Å². The van der Waals surface area contributed by atoms with Crippen molar-refractivity contribution in [2.24, 2.45) is 5.92 Å². The number of hydrogen-bond donors (Lipinski definition) is 1. The van der Waals surface area contributed by atoms with Crippen LogP contribution in [0.25, 0.3) is 5.70 Å². The lowest BCUT2D eigenvalue weighted by molar-refractivity contribution is -0.157. The molecule has 1 aliphatic heterocycles. The van der Waals surface area contributed by atoms with E-state index in [2.05, 4.69) is 5.32 Å². The lowest BCUT2D eigenvalue weighted by Gasteiger charge is -2.41. The molecule has 0 spiro atoms. The Morgan fingerprint density at radius 1 is 0.820 bits per heavy atom. The van der Waals surface area contributed by atoms with Crippen molar-refractivity contribution >= 4 is 35.2 Å². The summed E-state index contributed by atoms with van der Waals surface area (Å²) in [6, 6.07) is 18.4. The lowest BCUT2D eigenvalue weighted by atomic mass is 9.95. The Morgan fingerprint density at radius 3 is 1.92 bits per heavy atom. The maximum Gasteiger partial charge on any atom is 0.377 e. The van der Waals surface area contributed by atoms with Crippen molar-refractivity contribution < 1.29 is 42.9 Å². The molecule has 0 saturated carbocycles. The van der Waals surface area contributed by atoms with Crippen molar-refractivity contribution in [1.29, 1.82) is 0 Å². The van der Waals surface area contributed by atoms with Crippen LogP contribution >= 0.6 is 0 Å². The van der Waals surface area contributed by atoms with Crippen molar-refractivity contribution in [2.75, 3.05) is 27.9 Å². The normalized spacial score (nSPS) is 14.9. The highest BCUT2D eigenvalue weighted by Gasteiger charge is 2.42. The summed E-state index contributed by atoms with van der Waals surface area (Å²) in [6.07, 6.45) is 0.990. The number of Topliss-reactive ketones (excluding diaryl/α,β-unsaturated/α-hetero) is 1. The maximum absolute atomic E-state index is 14.5. The third-order valence-corrected chi connectivity index (χ3v) is 8.00. The van der Waals surface area contributed by atoms with E-state index >= 15 is 0 Å². The van der Waals surface area contributed by atoms with E-state index in [1.807, 2.05) is 6.07 Å². The summed E-state index contributed by atoms with van der Waals surface area (Å²) in [5, 5.41) is 2.67. The van der Waals surface area contributed by atoms with Gasteiger partial charge in [-0.25, -0.2) is 4.79 Å². The lowest BCUT2D eigenvalue weighted by Crippen LogP contribution is -2.57. The summed E-state index contributed by atoms with van der Waals surface area (Å²) >= 11 is 0. The summed E-state index contributed by atoms with van der Waals surface area (Å²) < 4.78 is 21.8. The van der Waals surface area contributed by atoms with Gasteiger partial charge in [0.1, 0.15) is 18.6 Å². The second kappa shape index (κ2) is 16.6. The summed E-state index contributed by atoms with van der Waals surface area (Å²) in [5.74, 6) is -3.17. The number of amides is 3. The largest absolute Gasteiger partial charge is 0.493 e. The molecular weight excluding hydrogens is 642 g/mol. The van der Waals surface area contributed by atoms with E-state index in [0.29, 0.717) is 22.4 Å². The average molecular weight is 686 g/mol. The SMILES string of the molecule is COc1cc(C2=CN(C(=O)c3ccccc3)C(C(C)C)C(=O)N2CC(=O)N[C@@H](Cc2ccccc2)C(=O)C(=O)OC(C)C)cc(OC)c1OC. The highest BCUT2D eigenvalue weighted by molar-refractivity contribution is 6.36. The number of carbonyl (C=O) groups excluding carboxylic acids is 5. The van der Waals surface area contributed by atoms with Crippen LogP contribution in [0, 0.1) is 5.92 Å². The predicted octanol–water partition coefficient (Wildman–Crippen LogP) is 4.27. The molecule has 50 heavy (non-hydrogen) atoms. The molecular formula is C38H43N3O9. The van der Waals surface area contributed by atoms with Crippen LogP contribution in [0.5, 0.6) is 17.2 Å². The van der Waals surface area contributed by atoms with Crippen LogP contribution in [0.15, 0.2) is 79.0 Å². The molecule has 264 valence electrons. The van der Waals surface area contributed by atoms with Crippen molar-refractivity contribution in [3.05, 3.63) is 95.7 Å². The molecule has 1 unspecified atom stereocenters. The maximum atomic E-state index is 14.5. The molecule has 2 atom stereocenters. The highest BCUT2D eigenvalue weighted by Crippen LogP contribution is 2.42. The Balaban J connectivity index is 1.80. The van der Waals surface area contributed by atoms with Gasteiger partial charge in [0.25, 0.3) is 17.6 Å². The standard InChI is InChI=1S/C38H43N3O9/c1-23(2)33-37(45)40(22-32(42)39-28(18-25-14-10-8-11-15-25)34(43)38(46)50-24(3)4)29(21-41(33)36(44)26-16-12-9-13-17-26)27-19-30(47-5)35(49-7)31(20-27)48-6/h8-17,19-21,23-24,28,33H,18,22H2,1-7H3,(H,39,42)/t28-,33?/m0/s1. The van der Waals surface area contributed by atoms with Gasteiger partial charge in [-0.15, -0.1) is 0 Å². The first-order valence-electron chi connectivity index (χ1n) is 16.2. The van der Waals surface area contributed by atoms with Gasteiger partial charge in [0.05, 0.1) is 33.1 Å². The van der Waals surface area contributed by atoms with Crippen LogP contribution in [0.2, 0.25) is 0 Å². The fraction of sp³-hybridized carbons (Fsp3) is 0.342. The summed E-state index contributed by atoms with van der Waals surface area (Å²) in [4.78, 5) is 70.9. The van der Waals surface area contributed by atoms with Gasteiger partial charge >= 0.3 is 5.97 Å². The van der Waals surface area contributed by atoms with Gasteiger partial charge in [0.15, 0.2) is 11.5 Å². The minimum absolute atomic E-state index is 0.0100. The monoisotopic (exact) mass is 685 g/mol. The summed E-state index contributed by atoms with van der Waals surface area (Å²) in [7, 11) is 4.35. The first-order valence-corrected chi connectivity index (χ1v) is 16.2. The molecule has 0 bridgehead atoms. The molecule has 4 rings (SSSR count). The summed E-state index contributed by atoms with van der Waals surface area (Å²) in [6.45, 7) is 6.30. The zero-order valence-electron chi connectivity index (χ0n) is 29.3. The van der Waals surface area contributed by atoms with Crippen molar-refractivity contribution in [3.63, 3.8) is 0 Å². The Kier molecular flexibility index (Phi) is 12.4. The number of nitrogens with zero attached hydrogens (tertiary/aromatic N) is 2. The second-order valence-electron chi connectivity index (χ2n) is 12.2. The Bertz CT molecular complexity index is 1710. The van der Waals surface area contributed by atoms with Gasteiger partial charge in [-0.2, -0.15) is 0 Å². The van der Waals surface area contributed by atoms with Gasteiger partial charge in [-0.05, 0) is 49.6 Å². The van der Waals surface area contributed by atoms with Crippen molar-refractivity contribution in [2.45, 2.75) is 52.3 Å². The topological polar surface area (TPSA) is 141 Å². The first kappa shape index (κ1) is 37.2. The van der Waals surface area contributed by atoms with Crippen LogP contribution in [-0.2, 0) is 30.3 Å².